The smallest absolute Gasteiger partial charge is 0.151 e. The van der Waals surface area contributed by atoms with Crippen molar-refractivity contribution in [1.82, 2.24) is 19.4 Å². The molecule has 1 saturated heterocycles. The summed E-state index contributed by atoms with van der Waals surface area (Å²) in [5.74, 6) is 1.99. The zero-order valence-electron chi connectivity index (χ0n) is 20.1. The van der Waals surface area contributed by atoms with E-state index < -0.39 is 0 Å². The zero-order valence-corrected chi connectivity index (χ0v) is 21.7. The Hall–Kier alpha value is -2.80. The Bertz CT molecular complexity index is 1330. The van der Waals surface area contributed by atoms with E-state index in [0.717, 1.165) is 73.3 Å². The third kappa shape index (κ3) is 4.83. The van der Waals surface area contributed by atoms with Gasteiger partial charge in [0, 0.05) is 55.7 Å². The van der Waals surface area contributed by atoms with Crippen molar-refractivity contribution in [2.75, 3.05) is 37.6 Å². The van der Waals surface area contributed by atoms with Gasteiger partial charge in [0.2, 0.25) is 0 Å². The first-order valence-corrected chi connectivity index (χ1v) is 11.8. The molecule has 184 valence electrons. The van der Waals surface area contributed by atoms with Crippen molar-refractivity contribution in [2.45, 2.75) is 26.9 Å². The first kappa shape index (κ1) is 25.3. The molecular weight excluding hydrogens is 481 g/mol. The first-order chi connectivity index (χ1) is 16.2. The van der Waals surface area contributed by atoms with Crippen LogP contribution in [0.2, 0.25) is 0 Å². The lowest BCUT2D eigenvalue weighted by Gasteiger charge is -2.36. The highest BCUT2D eigenvalue weighted by atomic mass is 35.5. The number of imidazole rings is 1. The molecule has 35 heavy (non-hydrogen) atoms. The fourth-order valence-electron chi connectivity index (χ4n) is 5.13. The number of nitrogens with zero attached hydrogens (tertiary/aromatic N) is 5. The lowest BCUT2D eigenvalue weighted by atomic mass is 10.1. The summed E-state index contributed by atoms with van der Waals surface area (Å²) in [7, 11) is 0. The van der Waals surface area contributed by atoms with Gasteiger partial charge in [-0.1, -0.05) is 18.2 Å². The van der Waals surface area contributed by atoms with E-state index in [1.54, 1.807) is 0 Å². The van der Waals surface area contributed by atoms with Crippen molar-refractivity contribution in [3.8, 4) is 11.4 Å². The van der Waals surface area contributed by atoms with Crippen LogP contribution in [0.15, 0.2) is 54.7 Å². The van der Waals surface area contributed by atoms with E-state index in [2.05, 4.69) is 81.0 Å². The minimum atomic E-state index is 0. The summed E-state index contributed by atoms with van der Waals surface area (Å²) in [6.07, 6.45) is 3.09. The van der Waals surface area contributed by atoms with Crippen molar-refractivity contribution in [3.63, 3.8) is 0 Å². The SMILES string of the molecule is Cc1cn2c(n1)COc1c(CCN3CCN(c4cccc5nc(C)ccc45)CC3)cccc1-2.Cl.Cl. The summed E-state index contributed by atoms with van der Waals surface area (Å²) in [6.45, 7) is 9.87. The minimum absolute atomic E-state index is 0. The van der Waals surface area contributed by atoms with Crippen LogP contribution in [0.25, 0.3) is 16.6 Å². The molecule has 2 aliphatic rings. The van der Waals surface area contributed by atoms with Crippen molar-refractivity contribution in [1.29, 1.82) is 0 Å². The van der Waals surface area contributed by atoms with Gasteiger partial charge in [-0.05, 0) is 56.2 Å². The summed E-state index contributed by atoms with van der Waals surface area (Å²) in [5, 5.41) is 1.25. The molecule has 2 aliphatic heterocycles. The highest BCUT2D eigenvalue weighted by Gasteiger charge is 2.23. The maximum Gasteiger partial charge on any atom is 0.151 e. The van der Waals surface area contributed by atoms with E-state index >= 15 is 0 Å². The molecule has 2 aromatic carbocycles. The molecule has 8 heteroatoms. The number of ether oxygens (including phenoxy) is 1. The van der Waals surface area contributed by atoms with Gasteiger partial charge in [0.25, 0.3) is 0 Å². The van der Waals surface area contributed by atoms with E-state index in [1.807, 2.05) is 6.92 Å². The second kappa shape index (κ2) is 10.4. The van der Waals surface area contributed by atoms with Crippen molar-refractivity contribution >= 4 is 41.4 Å². The number of rotatable bonds is 4. The molecule has 0 bridgehead atoms. The van der Waals surface area contributed by atoms with Crippen molar-refractivity contribution in [2.24, 2.45) is 0 Å². The number of piperazine rings is 1. The van der Waals surface area contributed by atoms with E-state index in [0.29, 0.717) is 6.61 Å². The molecule has 0 radical (unpaired) electrons. The van der Waals surface area contributed by atoms with E-state index in [1.165, 1.54) is 16.6 Å². The molecule has 0 spiro atoms. The molecular formula is C27H31Cl2N5O. The van der Waals surface area contributed by atoms with Gasteiger partial charge in [-0.2, -0.15) is 0 Å². The zero-order chi connectivity index (χ0) is 22.4. The number of aryl methyl sites for hydroxylation is 2. The lowest BCUT2D eigenvalue weighted by Crippen LogP contribution is -2.47. The van der Waals surface area contributed by atoms with Crippen LogP contribution in [-0.4, -0.2) is 52.2 Å². The van der Waals surface area contributed by atoms with Crippen LogP contribution in [-0.2, 0) is 13.0 Å². The average Bonchev–Trinajstić information content (AvgIpc) is 3.23. The van der Waals surface area contributed by atoms with Crippen LogP contribution < -0.4 is 9.64 Å². The van der Waals surface area contributed by atoms with E-state index in [4.69, 9.17) is 9.72 Å². The molecule has 4 aromatic rings. The predicted octanol–water partition coefficient (Wildman–Crippen LogP) is 5.14. The standard InChI is InChI=1S/C27H29N5O.2ClH/c1-19-9-10-22-23(28-19)6-4-7-24(22)31-15-13-30(14-16-31)12-11-21-5-3-8-25-27(21)33-18-26-29-20(2)17-32(25)26;;/h3-10,17H,11-16,18H2,1-2H3;2*1H. The Labute approximate surface area is 218 Å². The van der Waals surface area contributed by atoms with Gasteiger partial charge in [-0.25, -0.2) is 4.98 Å². The van der Waals surface area contributed by atoms with Gasteiger partial charge >= 0.3 is 0 Å². The van der Waals surface area contributed by atoms with Crippen LogP contribution in [0.3, 0.4) is 0 Å². The number of aromatic nitrogens is 3. The summed E-state index contributed by atoms with van der Waals surface area (Å²) >= 11 is 0. The van der Waals surface area contributed by atoms with Gasteiger partial charge in [0.15, 0.2) is 5.82 Å². The molecule has 0 aliphatic carbocycles. The number of anilines is 1. The van der Waals surface area contributed by atoms with Gasteiger partial charge in [0.05, 0.1) is 16.9 Å². The van der Waals surface area contributed by atoms with Crippen LogP contribution >= 0.6 is 24.8 Å². The molecule has 0 saturated carbocycles. The molecule has 1 fully saturated rings. The number of halogens is 2. The third-order valence-corrected chi connectivity index (χ3v) is 6.84. The molecule has 4 heterocycles. The van der Waals surface area contributed by atoms with E-state index in [-0.39, 0.29) is 24.8 Å². The summed E-state index contributed by atoms with van der Waals surface area (Å²) in [5.41, 5.74) is 6.87. The third-order valence-electron chi connectivity index (χ3n) is 6.84. The van der Waals surface area contributed by atoms with Crippen LogP contribution in [0.4, 0.5) is 5.69 Å². The predicted molar refractivity (Wildman–Crippen MR) is 146 cm³/mol. The number of hydrogen-bond donors (Lipinski definition) is 0. The summed E-state index contributed by atoms with van der Waals surface area (Å²) < 4.78 is 8.32. The Morgan fingerprint density at radius 1 is 0.829 bits per heavy atom. The molecule has 0 unspecified atom stereocenters. The fraction of sp³-hybridized carbons (Fsp3) is 0.333. The molecule has 6 nitrogen and oxygen atoms in total. The van der Waals surface area contributed by atoms with Crippen LogP contribution in [0, 0.1) is 13.8 Å². The van der Waals surface area contributed by atoms with Gasteiger partial charge < -0.3 is 9.64 Å². The molecule has 0 atom stereocenters. The second-order valence-corrected chi connectivity index (χ2v) is 9.10. The van der Waals surface area contributed by atoms with Crippen LogP contribution in [0.5, 0.6) is 5.75 Å². The Kier molecular flexibility index (Phi) is 7.55. The second-order valence-electron chi connectivity index (χ2n) is 9.10. The minimum Gasteiger partial charge on any atom is -0.483 e. The highest BCUT2D eigenvalue weighted by molar-refractivity contribution is 5.92. The highest BCUT2D eigenvalue weighted by Crippen LogP contribution is 2.34. The van der Waals surface area contributed by atoms with Gasteiger partial charge in [0.1, 0.15) is 12.4 Å². The Morgan fingerprint density at radius 2 is 1.60 bits per heavy atom. The number of benzene rings is 2. The topological polar surface area (TPSA) is 46.4 Å². The largest absolute Gasteiger partial charge is 0.483 e. The molecule has 0 N–H and O–H groups in total. The maximum atomic E-state index is 6.14. The maximum absolute atomic E-state index is 6.14. The number of hydrogen-bond acceptors (Lipinski definition) is 5. The summed E-state index contributed by atoms with van der Waals surface area (Å²) in [4.78, 5) is 14.4. The molecule has 6 rings (SSSR count). The fourth-order valence-corrected chi connectivity index (χ4v) is 5.13. The average molecular weight is 512 g/mol. The van der Waals surface area contributed by atoms with Crippen molar-refractivity contribution < 1.29 is 4.74 Å². The Morgan fingerprint density at radius 3 is 2.43 bits per heavy atom. The number of pyridine rings is 1. The monoisotopic (exact) mass is 511 g/mol. The summed E-state index contributed by atoms with van der Waals surface area (Å²) in [6, 6.07) is 17.3. The van der Waals surface area contributed by atoms with Crippen LogP contribution in [0.1, 0.15) is 22.8 Å². The van der Waals surface area contributed by atoms with Gasteiger partial charge in [-0.15, -0.1) is 24.8 Å². The normalized spacial score (nSPS) is 15.0. The van der Waals surface area contributed by atoms with E-state index in [9.17, 15) is 0 Å². The van der Waals surface area contributed by atoms with Crippen molar-refractivity contribution in [3.05, 3.63) is 77.5 Å². The number of fused-ring (bicyclic) bond motifs is 4. The van der Waals surface area contributed by atoms with Gasteiger partial charge in [-0.3, -0.25) is 14.5 Å². The quantitative estimate of drug-likeness (QED) is 0.379. The number of para-hydroxylation sites is 1. The molecule has 0 amide bonds. The Balaban J connectivity index is 0.00000144. The molecule has 2 aromatic heterocycles. The lowest BCUT2D eigenvalue weighted by molar-refractivity contribution is 0.254. The first-order valence-electron chi connectivity index (χ1n) is 11.8.